The number of thiophene rings is 1. The van der Waals surface area contributed by atoms with Crippen molar-refractivity contribution in [3.05, 3.63) is 21.3 Å². The van der Waals surface area contributed by atoms with E-state index < -0.39 is 18.2 Å². The van der Waals surface area contributed by atoms with Crippen molar-refractivity contribution in [2.24, 2.45) is 0 Å². The molecule has 1 heterocycles. The van der Waals surface area contributed by atoms with Crippen LogP contribution in [0.5, 0.6) is 0 Å². The van der Waals surface area contributed by atoms with Crippen LogP contribution in [0.15, 0.2) is 11.4 Å². The van der Waals surface area contributed by atoms with Crippen LogP contribution in [-0.4, -0.2) is 11.3 Å². The maximum absolute atomic E-state index is 11.9. The standard InChI is InChI=1S/C10H12ClF3OS/c1-9(15,4-2-5-10(12,13)14)8-7(11)3-6-16-8/h3,6,15H,2,4-5H2,1H3. The van der Waals surface area contributed by atoms with Crippen LogP contribution in [0.4, 0.5) is 13.2 Å². The Hall–Kier alpha value is -0.260. The number of hydrogen-bond donors (Lipinski definition) is 1. The zero-order valence-electron chi connectivity index (χ0n) is 8.64. The molecule has 0 bridgehead atoms. The van der Waals surface area contributed by atoms with Crippen LogP contribution in [0, 0.1) is 0 Å². The first-order valence-electron chi connectivity index (χ1n) is 4.75. The fraction of sp³-hybridized carbons (Fsp3) is 0.600. The van der Waals surface area contributed by atoms with E-state index in [0.717, 1.165) is 0 Å². The van der Waals surface area contributed by atoms with Crippen LogP contribution < -0.4 is 0 Å². The lowest BCUT2D eigenvalue weighted by molar-refractivity contribution is -0.137. The van der Waals surface area contributed by atoms with E-state index in [1.165, 1.54) is 18.3 Å². The van der Waals surface area contributed by atoms with Crippen LogP contribution in [0.2, 0.25) is 5.02 Å². The molecule has 0 amide bonds. The molecule has 0 aliphatic carbocycles. The van der Waals surface area contributed by atoms with Gasteiger partial charge in [-0.15, -0.1) is 11.3 Å². The van der Waals surface area contributed by atoms with Crippen molar-refractivity contribution in [3.63, 3.8) is 0 Å². The molecule has 1 unspecified atom stereocenters. The van der Waals surface area contributed by atoms with Crippen molar-refractivity contribution in [1.82, 2.24) is 0 Å². The Kier molecular flexibility index (Phi) is 4.26. The van der Waals surface area contributed by atoms with Gasteiger partial charge in [0.2, 0.25) is 0 Å². The summed E-state index contributed by atoms with van der Waals surface area (Å²) in [7, 11) is 0. The van der Waals surface area contributed by atoms with E-state index in [4.69, 9.17) is 11.6 Å². The first-order chi connectivity index (χ1) is 7.22. The average Bonchev–Trinajstić information content (AvgIpc) is 2.48. The lowest BCUT2D eigenvalue weighted by Crippen LogP contribution is -2.21. The van der Waals surface area contributed by atoms with E-state index in [0.29, 0.717) is 9.90 Å². The molecule has 1 rings (SSSR count). The molecule has 0 aliphatic heterocycles. The van der Waals surface area contributed by atoms with E-state index in [1.807, 2.05) is 0 Å². The highest BCUT2D eigenvalue weighted by atomic mass is 35.5. The predicted molar refractivity (Wildman–Crippen MR) is 58.8 cm³/mol. The van der Waals surface area contributed by atoms with Crippen LogP contribution in [0.3, 0.4) is 0 Å². The van der Waals surface area contributed by atoms with Crippen LogP contribution in [0.1, 0.15) is 31.1 Å². The third-order valence-electron chi connectivity index (χ3n) is 2.23. The van der Waals surface area contributed by atoms with Gasteiger partial charge < -0.3 is 5.11 Å². The molecule has 6 heteroatoms. The normalized spacial score (nSPS) is 16.1. The van der Waals surface area contributed by atoms with E-state index in [-0.39, 0.29) is 12.8 Å². The largest absolute Gasteiger partial charge is 0.389 e. The second-order valence-corrected chi connectivity index (χ2v) is 5.16. The van der Waals surface area contributed by atoms with E-state index >= 15 is 0 Å². The second-order valence-electron chi connectivity index (χ2n) is 3.84. The minimum Gasteiger partial charge on any atom is -0.385 e. The Morgan fingerprint density at radius 1 is 1.38 bits per heavy atom. The third kappa shape index (κ3) is 3.96. The Morgan fingerprint density at radius 3 is 2.44 bits per heavy atom. The molecule has 0 spiro atoms. The van der Waals surface area contributed by atoms with Crippen molar-refractivity contribution in [2.45, 2.75) is 38.0 Å². The molecule has 0 radical (unpaired) electrons. The van der Waals surface area contributed by atoms with Gasteiger partial charge >= 0.3 is 6.18 Å². The van der Waals surface area contributed by atoms with E-state index in [9.17, 15) is 18.3 Å². The molecule has 92 valence electrons. The monoisotopic (exact) mass is 272 g/mol. The second kappa shape index (κ2) is 4.94. The Morgan fingerprint density at radius 2 is 2.00 bits per heavy atom. The summed E-state index contributed by atoms with van der Waals surface area (Å²) in [6.45, 7) is 1.49. The summed E-state index contributed by atoms with van der Waals surface area (Å²) in [6, 6.07) is 1.62. The fourth-order valence-corrected chi connectivity index (χ4v) is 2.78. The van der Waals surface area contributed by atoms with Crippen molar-refractivity contribution in [2.75, 3.05) is 0 Å². The molecule has 0 aliphatic rings. The van der Waals surface area contributed by atoms with Gasteiger partial charge in [-0.25, -0.2) is 0 Å². The topological polar surface area (TPSA) is 20.2 Å². The quantitative estimate of drug-likeness (QED) is 0.864. The smallest absolute Gasteiger partial charge is 0.385 e. The molecule has 1 aromatic heterocycles. The minimum atomic E-state index is -4.17. The van der Waals surface area contributed by atoms with Gasteiger partial charge in [-0.05, 0) is 31.2 Å². The predicted octanol–water partition coefficient (Wildman–Crippen LogP) is 4.34. The number of alkyl halides is 3. The van der Waals surface area contributed by atoms with Crippen LogP contribution in [-0.2, 0) is 5.60 Å². The van der Waals surface area contributed by atoms with Gasteiger partial charge in [0.1, 0.15) is 0 Å². The minimum absolute atomic E-state index is 0.0484. The number of aliphatic hydroxyl groups is 1. The molecule has 1 aromatic rings. The van der Waals surface area contributed by atoms with Gasteiger partial charge in [-0.1, -0.05) is 11.6 Å². The van der Waals surface area contributed by atoms with Crippen LogP contribution >= 0.6 is 22.9 Å². The molecule has 0 saturated heterocycles. The highest BCUT2D eigenvalue weighted by molar-refractivity contribution is 7.10. The van der Waals surface area contributed by atoms with Gasteiger partial charge in [0.15, 0.2) is 0 Å². The molecule has 1 atom stereocenters. The van der Waals surface area contributed by atoms with Crippen molar-refractivity contribution < 1.29 is 18.3 Å². The Labute approximate surface area is 101 Å². The summed E-state index contributed by atoms with van der Waals surface area (Å²) in [4.78, 5) is 0.524. The lowest BCUT2D eigenvalue weighted by Gasteiger charge is -2.22. The molecule has 1 nitrogen and oxygen atoms in total. The maximum atomic E-state index is 11.9. The average molecular weight is 273 g/mol. The van der Waals surface area contributed by atoms with Crippen molar-refractivity contribution in [1.29, 1.82) is 0 Å². The zero-order valence-corrected chi connectivity index (χ0v) is 10.2. The van der Waals surface area contributed by atoms with Gasteiger partial charge in [0.05, 0.1) is 15.5 Å². The summed E-state index contributed by atoms with van der Waals surface area (Å²) in [6.07, 6.45) is -5.11. The van der Waals surface area contributed by atoms with Crippen molar-refractivity contribution >= 4 is 22.9 Å². The summed E-state index contributed by atoms with van der Waals surface area (Å²) in [5, 5.41) is 12.1. The molecule has 0 saturated carbocycles. The number of rotatable bonds is 4. The molecule has 1 N–H and O–H groups in total. The van der Waals surface area contributed by atoms with Gasteiger partial charge in [-0.2, -0.15) is 13.2 Å². The van der Waals surface area contributed by atoms with Crippen LogP contribution in [0.25, 0.3) is 0 Å². The third-order valence-corrected chi connectivity index (χ3v) is 3.82. The fourth-order valence-electron chi connectivity index (χ4n) is 1.42. The summed E-state index contributed by atoms with van der Waals surface area (Å²) in [5.74, 6) is 0. The molecule has 0 aromatic carbocycles. The first-order valence-corrected chi connectivity index (χ1v) is 6.01. The maximum Gasteiger partial charge on any atom is 0.389 e. The summed E-state index contributed by atoms with van der Waals surface area (Å²) < 4.78 is 35.8. The summed E-state index contributed by atoms with van der Waals surface area (Å²) in [5.41, 5.74) is -1.28. The number of hydrogen-bond acceptors (Lipinski definition) is 2. The molecular weight excluding hydrogens is 261 g/mol. The molecular formula is C10H12ClF3OS. The van der Waals surface area contributed by atoms with Crippen molar-refractivity contribution in [3.8, 4) is 0 Å². The number of halogens is 4. The SMILES string of the molecule is CC(O)(CCCC(F)(F)F)c1sccc1Cl. The highest BCUT2D eigenvalue weighted by Gasteiger charge is 2.31. The van der Waals surface area contributed by atoms with E-state index in [2.05, 4.69) is 0 Å². The lowest BCUT2D eigenvalue weighted by atomic mass is 9.97. The highest BCUT2D eigenvalue weighted by Crippen LogP contribution is 2.37. The Bertz CT molecular complexity index is 346. The van der Waals surface area contributed by atoms with Gasteiger partial charge in [0, 0.05) is 6.42 Å². The summed E-state index contributed by atoms with van der Waals surface area (Å²) >= 11 is 7.07. The zero-order chi connectivity index (χ0) is 12.4. The molecule has 16 heavy (non-hydrogen) atoms. The van der Waals surface area contributed by atoms with Gasteiger partial charge in [-0.3, -0.25) is 0 Å². The van der Waals surface area contributed by atoms with E-state index in [1.54, 1.807) is 11.4 Å². The van der Waals surface area contributed by atoms with Gasteiger partial charge in [0.25, 0.3) is 0 Å². The molecule has 0 fully saturated rings. The Balaban J connectivity index is 2.56. The first kappa shape index (κ1) is 13.8.